The van der Waals surface area contributed by atoms with Gasteiger partial charge in [-0.15, -0.1) is 0 Å². The second-order valence-corrected chi connectivity index (χ2v) is 5.94. The van der Waals surface area contributed by atoms with E-state index in [4.69, 9.17) is 0 Å². The molecule has 0 amide bonds. The van der Waals surface area contributed by atoms with Crippen LogP contribution in [-0.4, -0.2) is 10.7 Å². The smallest absolute Gasteiger partial charge is 0.273 e. The molecule has 3 rings (SSSR count). The van der Waals surface area contributed by atoms with E-state index in [9.17, 15) is 14.9 Å². The van der Waals surface area contributed by atoms with E-state index in [1.54, 1.807) is 25.1 Å². The molecule has 4 nitrogen and oxygen atoms in total. The number of benzene rings is 3. The summed E-state index contributed by atoms with van der Waals surface area (Å²) in [4.78, 5) is 22.8. The predicted octanol–water partition coefficient (Wildman–Crippen LogP) is 5.47. The van der Waals surface area contributed by atoms with Gasteiger partial charge in [0.1, 0.15) is 0 Å². The standard InChI is InChI=1S/C22H17NO3/c1-16-7-11-20(15-21(16)23(25)26)22(24)14-10-17-8-12-19(13-9-17)18-5-3-2-4-6-18/h2-15H,1H3. The Morgan fingerprint density at radius 1 is 0.923 bits per heavy atom. The van der Waals surface area contributed by atoms with Gasteiger partial charge in [0.05, 0.1) is 4.92 Å². The number of hydrogen-bond acceptors (Lipinski definition) is 3. The van der Waals surface area contributed by atoms with Crippen LogP contribution in [0.2, 0.25) is 0 Å². The summed E-state index contributed by atoms with van der Waals surface area (Å²) >= 11 is 0. The molecule has 3 aromatic carbocycles. The molecule has 0 N–H and O–H groups in total. The summed E-state index contributed by atoms with van der Waals surface area (Å²) < 4.78 is 0. The molecule has 0 aliphatic carbocycles. The highest BCUT2D eigenvalue weighted by molar-refractivity contribution is 6.07. The van der Waals surface area contributed by atoms with Crippen LogP contribution in [0.5, 0.6) is 0 Å². The number of hydrogen-bond donors (Lipinski definition) is 0. The highest BCUT2D eigenvalue weighted by Crippen LogP contribution is 2.21. The van der Waals surface area contributed by atoms with E-state index < -0.39 is 4.92 Å². The topological polar surface area (TPSA) is 60.2 Å². The lowest BCUT2D eigenvalue weighted by Crippen LogP contribution is -1.98. The van der Waals surface area contributed by atoms with Gasteiger partial charge in [0, 0.05) is 17.2 Å². The summed E-state index contributed by atoms with van der Waals surface area (Å²) in [6, 6.07) is 22.4. The van der Waals surface area contributed by atoms with Crippen LogP contribution in [0.25, 0.3) is 17.2 Å². The van der Waals surface area contributed by atoms with E-state index in [1.807, 2.05) is 54.6 Å². The van der Waals surface area contributed by atoms with E-state index >= 15 is 0 Å². The number of nitro benzene ring substituents is 1. The Morgan fingerprint density at radius 2 is 1.58 bits per heavy atom. The second kappa shape index (κ2) is 7.57. The fraction of sp³-hybridized carbons (Fsp3) is 0.0455. The van der Waals surface area contributed by atoms with E-state index in [0.717, 1.165) is 16.7 Å². The minimum absolute atomic E-state index is 0.0449. The first-order valence-corrected chi connectivity index (χ1v) is 8.17. The van der Waals surface area contributed by atoms with E-state index in [0.29, 0.717) is 11.1 Å². The van der Waals surface area contributed by atoms with Gasteiger partial charge in [-0.2, -0.15) is 0 Å². The number of aryl methyl sites for hydroxylation is 1. The minimum atomic E-state index is -0.474. The molecule has 0 aromatic heterocycles. The molecule has 0 radical (unpaired) electrons. The Hall–Kier alpha value is -3.53. The fourth-order valence-corrected chi connectivity index (χ4v) is 2.64. The van der Waals surface area contributed by atoms with Crippen molar-refractivity contribution in [3.05, 3.63) is 106 Å². The van der Waals surface area contributed by atoms with Gasteiger partial charge in [0.2, 0.25) is 0 Å². The zero-order chi connectivity index (χ0) is 18.5. The van der Waals surface area contributed by atoms with Gasteiger partial charge in [0.15, 0.2) is 5.78 Å². The first-order chi connectivity index (χ1) is 12.5. The average molecular weight is 343 g/mol. The predicted molar refractivity (Wildman–Crippen MR) is 103 cm³/mol. The van der Waals surface area contributed by atoms with Crippen molar-refractivity contribution in [1.82, 2.24) is 0 Å². The normalized spacial score (nSPS) is 10.8. The zero-order valence-electron chi connectivity index (χ0n) is 14.3. The molecular weight excluding hydrogens is 326 g/mol. The lowest BCUT2D eigenvalue weighted by molar-refractivity contribution is -0.385. The van der Waals surface area contributed by atoms with Crippen LogP contribution >= 0.6 is 0 Å². The third-order valence-corrected chi connectivity index (χ3v) is 4.14. The minimum Gasteiger partial charge on any atom is -0.289 e. The number of ketones is 1. The van der Waals surface area contributed by atoms with E-state index in [-0.39, 0.29) is 11.5 Å². The highest BCUT2D eigenvalue weighted by Gasteiger charge is 2.13. The molecule has 3 aromatic rings. The van der Waals surface area contributed by atoms with Crippen molar-refractivity contribution < 1.29 is 9.72 Å². The molecule has 0 spiro atoms. The molecule has 26 heavy (non-hydrogen) atoms. The summed E-state index contributed by atoms with van der Waals surface area (Å²) in [6.45, 7) is 1.65. The van der Waals surface area contributed by atoms with Gasteiger partial charge in [0.25, 0.3) is 5.69 Å². The second-order valence-electron chi connectivity index (χ2n) is 5.94. The highest BCUT2D eigenvalue weighted by atomic mass is 16.6. The summed E-state index contributed by atoms with van der Waals surface area (Å²) in [5, 5.41) is 11.0. The van der Waals surface area contributed by atoms with Crippen LogP contribution in [0.15, 0.2) is 78.9 Å². The molecule has 0 saturated heterocycles. The van der Waals surface area contributed by atoms with Crippen LogP contribution in [0, 0.1) is 17.0 Å². The van der Waals surface area contributed by atoms with Gasteiger partial charge < -0.3 is 0 Å². The molecule has 0 aliphatic rings. The Morgan fingerprint density at radius 3 is 2.23 bits per heavy atom. The molecule has 128 valence electrons. The Balaban J connectivity index is 1.76. The van der Waals surface area contributed by atoms with Crippen molar-refractivity contribution >= 4 is 17.5 Å². The number of carbonyl (C=O) groups excluding carboxylic acids is 1. The molecular formula is C22H17NO3. The first-order valence-electron chi connectivity index (χ1n) is 8.17. The number of nitro groups is 1. The number of allylic oxidation sites excluding steroid dienone is 1. The Bertz CT molecular complexity index is 974. The van der Waals surface area contributed by atoms with Crippen molar-refractivity contribution in [3.8, 4) is 11.1 Å². The molecule has 0 unspecified atom stereocenters. The number of rotatable bonds is 5. The van der Waals surface area contributed by atoms with Gasteiger partial charge in [-0.05, 0) is 29.7 Å². The van der Waals surface area contributed by atoms with Crippen LogP contribution in [0.4, 0.5) is 5.69 Å². The SMILES string of the molecule is Cc1ccc(C(=O)C=Cc2ccc(-c3ccccc3)cc2)cc1[N+](=O)[O-]. The van der Waals surface area contributed by atoms with Crippen LogP contribution < -0.4 is 0 Å². The molecule has 0 aliphatic heterocycles. The first kappa shape index (κ1) is 17.3. The van der Waals surface area contributed by atoms with Gasteiger partial charge in [-0.25, -0.2) is 0 Å². The van der Waals surface area contributed by atoms with Gasteiger partial charge in [-0.3, -0.25) is 14.9 Å². The molecule has 0 atom stereocenters. The maximum atomic E-state index is 12.3. The molecule has 0 bridgehead atoms. The lowest BCUT2D eigenvalue weighted by atomic mass is 10.0. The van der Waals surface area contributed by atoms with Crippen LogP contribution in [-0.2, 0) is 0 Å². The van der Waals surface area contributed by atoms with Crippen molar-refractivity contribution in [2.45, 2.75) is 6.92 Å². The van der Waals surface area contributed by atoms with Crippen LogP contribution in [0.3, 0.4) is 0 Å². The zero-order valence-corrected chi connectivity index (χ0v) is 14.3. The van der Waals surface area contributed by atoms with Gasteiger partial charge in [-0.1, -0.05) is 72.8 Å². The van der Waals surface area contributed by atoms with E-state index in [1.165, 1.54) is 12.1 Å². The Labute approximate surface area is 151 Å². The van der Waals surface area contributed by atoms with Crippen LogP contribution in [0.1, 0.15) is 21.5 Å². The Kier molecular flexibility index (Phi) is 5.04. The quantitative estimate of drug-likeness (QED) is 0.267. The molecule has 4 heteroatoms. The molecule has 0 heterocycles. The van der Waals surface area contributed by atoms with Gasteiger partial charge >= 0.3 is 0 Å². The molecule has 0 fully saturated rings. The van der Waals surface area contributed by atoms with Crippen molar-refractivity contribution in [1.29, 1.82) is 0 Å². The third kappa shape index (κ3) is 3.92. The summed E-state index contributed by atoms with van der Waals surface area (Å²) in [7, 11) is 0. The third-order valence-electron chi connectivity index (χ3n) is 4.14. The van der Waals surface area contributed by atoms with Crippen molar-refractivity contribution in [3.63, 3.8) is 0 Å². The maximum absolute atomic E-state index is 12.3. The summed E-state index contributed by atoms with van der Waals surface area (Å²) in [6.07, 6.45) is 3.15. The number of carbonyl (C=O) groups is 1. The van der Waals surface area contributed by atoms with E-state index in [2.05, 4.69) is 0 Å². The van der Waals surface area contributed by atoms with Crippen molar-refractivity contribution in [2.75, 3.05) is 0 Å². The number of nitrogens with zero attached hydrogens (tertiary/aromatic N) is 1. The fourth-order valence-electron chi connectivity index (χ4n) is 2.64. The van der Waals surface area contributed by atoms with Crippen molar-refractivity contribution in [2.24, 2.45) is 0 Å². The summed E-state index contributed by atoms with van der Waals surface area (Å²) in [5.41, 5.74) is 3.91. The average Bonchev–Trinajstić information content (AvgIpc) is 2.67. The largest absolute Gasteiger partial charge is 0.289 e. The summed E-state index contributed by atoms with van der Waals surface area (Å²) in [5.74, 6) is -0.264. The maximum Gasteiger partial charge on any atom is 0.273 e. The molecule has 0 saturated carbocycles. The lowest BCUT2D eigenvalue weighted by Gasteiger charge is -2.02. The monoisotopic (exact) mass is 343 g/mol.